The molecule has 0 aliphatic carbocycles. The van der Waals surface area contributed by atoms with Crippen LogP contribution in [0.3, 0.4) is 0 Å². The molecule has 0 radical (unpaired) electrons. The average molecular weight is 309 g/mol. The molecular weight excluding hydrogens is 282 g/mol. The van der Waals surface area contributed by atoms with Gasteiger partial charge in [-0.2, -0.15) is 0 Å². The molecule has 1 N–H and O–H groups in total. The van der Waals surface area contributed by atoms with Gasteiger partial charge in [-0.25, -0.2) is 0 Å². The fourth-order valence-electron chi connectivity index (χ4n) is 2.53. The SMILES string of the molecule is CC(CCc1ccccc1)NC(=O)c1ccc(C(C)(C)C)cc1. The van der Waals surface area contributed by atoms with Crippen LogP contribution >= 0.6 is 0 Å². The lowest BCUT2D eigenvalue weighted by atomic mass is 9.86. The molecule has 2 rings (SSSR count). The third-order valence-corrected chi connectivity index (χ3v) is 4.10. The van der Waals surface area contributed by atoms with Crippen molar-refractivity contribution in [3.05, 3.63) is 71.3 Å². The molecule has 1 atom stereocenters. The van der Waals surface area contributed by atoms with Crippen LogP contribution < -0.4 is 5.32 Å². The van der Waals surface area contributed by atoms with Gasteiger partial charge in [-0.15, -0.1) is 0 Å². The number of amides is 1. The van der Waals surface area contributed by atoms with E-state index in [9.17, 15) is 4.79 Å². The van der Waals surface area contributed by atoms with Crippen molar-refractivity contribution in [1.82, 2.24) is 5.32 Å². The molecule has 0 aliphatic rings. The van der Waals surface area contributed by atoms with Crippen molar-refractivity contribution in [2.24, 2.45) is 0 Å². The summed E-state index contributed by atoms with van der Waals surface area (Å²) in [6.45, 7) is 8.58. The third kappa shape index (κ3) is 5.24. The summed E-state index contributed by atoms with van der Waals surface area (Å²) >= 11 is 0. The Morgan fingerprint density at radius 2 is 1.61 bits per heavy atom. The molecular formula is C21H27NO. The molecule has 2 aromatic rings. The molecule has 122 valence electrons. The largest absolute Gasteiger partial charge is 0.350 e. The van der Waals surface area contributed by atoms with Gasteiger partial charge in [0.25, 0.3) is 5.91 Å². The molecule has 0 spiro atoms. The normalized spacial score (nSPS) is 12.7. The van der Waals surface area contributed by atoms with Gasteiger partial charge in [-0.05, 0) is 48.4 Å². The standard InChI is InChI=1S/C21H27NO/c1-16(10-11-17-8-6-5-7-9-17)22-20(23)18-12-14-19(15-13-18)21(2,3)4/h5-9,12-16H,10-11H2,1-4H3,(H,22,23). The van der Waals surface area contributed by atoms with Crippen LogP contribution in [-0.4, -0.2) is 11.9 Å². The van der Waals surface area contributed by atoms with E-state index in [1.807, 2.05) is 30.3 Å². The lowest BCUT2D eigenvalue weighted by Gasteiger charge is -2.19. The van der Waals surface area contributed by atoms with E-state index in [0.29, 0.717) is 0 Å². The zero-order valence-electron chi connectivity index (χ0n) is 14.6. The highest BCUT2D eigenvalue weighted by atomic mass is 16.1. The van der Waals surface area contributed by atoms with Crippen LogP contribution in [0.5, 0.6) is 0 Å². The molecule has 0 heterocycles. The van der Waals surface area contributed by atoms with E-state index in [-0.39, 0.29) is 17.4 Å². The zero-order chi connectivity index (χ0) is 16.9. The second-order valence-electron chi connectivity index (χ2n) is 7.23. The van der Waals surface area contributed by atoms with Gasteiger partial charge in [-0.1, -0.05) is 63.2 Å². The molecule has 0 bridgehead atoms. The van der Waals surface area contributed by atoms with E-state index >= 15 is 0 Å². The van der Waals surface area contributed by atoms with Crippen molar-refractivity contribution < 1.29 is 4.79 Å². The second kappa shape index (κ2) is 7.45. The van der Waals surface area contributed by atoms with Crippen LogP contribution in [0.2, 0.25) is 0 Å². The highest BCUT2D eigenvalue weighted by Crippen LogP contribution is 2.22. The highest BCUT2D eigenvalue weighted by Gasteiger charge is 2.15. The summed E-state index contributed by atoms with van der Waals surface area (Å²) in [6.07, 6.45) is 1.92. The number of nitrogens with one attached hydrogen (secondary N) is 1. The van der Waals surface area contributed by atoms with Gasteiger partial charge in [0.2, 0.25) is 0 Å². The Kier molecular flexibility index (Phi) is 5.59. The van der Waals surface area contributed by atoms with Crippen molar-refractivity contribution in [3.8, 4) is 0 Å². The lowest BCUT2D eigenvalue weighted by molar-refractivity contribution is 0.0938. The minimum absolute atomic E-state index is 0.00557. The van der Waals surface area contributed by atoms with Gasteiger partial charge in [0, 0.05) is 11.6 Å². The predicted molar refractivity (Wildman–Crippen MR) is 96.8 cm³/mol. The first-order valence-electron chi connectivity index (χ1n) is 8.31. The Hall–Kier alpha value is -2.09. The zero-order valence-corrected chi connectivity index (χ0v) is 14.6. The summed E-state index contributed by atoms with van der Waals surface area (Å²) in [7, 11) is 0. The first-order chi connectivity index (χ1) is 10.9. The topological polar surface area (TPSA) is 29.1 Å². The Morgan fingerprint density at radius 3 is 2.17 bits per heavy atom. The van der Waals surface area contributed by atoms with Crippen LogP contribution in [0.25, 0.3) is 0 Å². The fraction of sp³-hybridized carbons (Fsp3) is 0.381. The predicted octanol–water partition coefficient (Wildman–Crippen LogP) is 4.74. The minimum atomic E-state index is 0.00557. The number of carbonyl (C=O) groups is 1. The summed E-state index contributed by atoms with van der Waals surface area (Å²) in [5.41, 5.74) is 3.39. The van der Waals surface area contributed by atoms with Crippen molar-refractivity contribution in [2.45, 2.75) is 52.0 Å². The fourth-order valence-corrected chi connectivity index (χ4v) is 2.53. The Balaban J connectivity index is 1.88. The molecule has 2 aromatic carbocycles. The molecule has 2 heteroatoms. The maximum absolute atomic E-state index is 12.3. The van der Waals surface area contributed by atoms with Crippen LogP contribution in [0.1, 0.15) is 55.6 Å². The van der Waals surface area contributed by atoms with Crippen LogP contribution in [0.15, 0.2) is 54.6 Å². The van der Waals surface area contributed by atoms with Gasteiger partial charge >= 0.3 is 0 Å². The van der Waals surface area contributed by atoms with Gasteiger partial charge < -0.3 is 5.32 Å². The Bertz CT molecular complexity index is 623. The molecule has 23 heavy (non-hydrogen) atoms. The van der Waals surface area contributed by atoms with Crippen LogP contribution in [0, 0.1) is 0 Å². The van der Waals surface area contributed by atoms with E-state index < -0.39 is 0 Å². The molecule has 0 saturated heterocycles. The van der Waals surface area contributed by atoms with E-state index in [0.717, 1.165) is 18.4 Å². The first kappa shape index (κ1) is 17.3. The monoisotopic (exact) mass is 309 g/mol. The van der Waals surface area contributed by atoms with Crippen LogP contribution in [-0.2, 0) is 11.8 Å². The molecule has 0 saturated carbocycles. The number of benzene rings is 2. The molecule has 0 aliphatic heterocycles. The molecule has 1 amide bonds. The lowest BCUT2D eigenvalue weighted by Crippen LogP contribution is -2.32. The van der Waals surface area contributed by atoms with Crippen LogP contribution in [0.4, 0.5) is 0 Å². The van der Waals surface area contributed by atoms with Crippen molar-refractivity contribution in [3.63, 3.8) is 0 Å². The quantitative estimate of drug-likeness (QED) is 0.849. The van der Waals surface area contributed by atoms with E-state index in [1.165, 1.54) is 11.1 Å². The minimum Gasteiger partial charge on any atom is -0.350 e. The Labute approximate surface area is 139 Å². The molecule has 1 unspecified atom stereocenters. The molecule has 0 aromatic heterocycles. The average Bonchev–Trinajstić information content (AvgIpc) is 2.53. The second-order valence-corrected chi connectivity index (χ2v) is 7.23. The van der Waals surface area contributed by atoms with E-state index in [1.54, 1.807) is 0 Å². The smallest absolute Gasteiger partial charge is 0.251 e. The van der Waals surface area contributed by atoms with Crippen molar-refractivity contribution in [2.75, 3.05) is 0 Å². The van der Waals surface area contributed by atoms with Gasteiger partial charge in [0.15, 0.2) is 0 Å². The van der Waals surface area contributed by atoms with E-state index in [2.05, 4.69) is 57.3 Å². The number of hydrogen-bond donors (Lipinski definition) is 1. The van der Waals surface area contributed by atoms with Crippen molar-refractivity contribution >= 4 is 5.91 Å². The number of rotatable bonds is 5. The van der Waals surface area contributed by atoms with Gasteiger partial charge in [0.05, 0.1) is 0 Å². The summed E-state index contributed by atoms with van der Waals surface area (Å²) in [5.74, 6) is 0.00557. The summed E-state index contributed by atoms with van der Waals surface area (Å²) in [6, 6.07) is 18.5. The summed E-state index contributed by atoms with van der Waals surface area (Å²) in [5, 5.41) is 3.09. The number of aryl methyl sites for hydroxylation is 1. The van der Waals surface area contributed by atoms with Gasteiger partial charge in [0.1, 0.15) is 0 Å². The van der Waals surface area contributed by atoms with Gasteiger partial charge in [-0.3, -0.25) is 4.79 Å². The first-order valence-corrected chi connectivity index (χ1v) is 8.31. The Morgan fingerprint density at radius 1 is 1.00 bits per heavy atom. The number of carbonyl (C=O) groups excluding carboxylic acids is 1. The summed E-state index contributed by atoms with van der Waals surface area (Å²) < 4.78 is 0. The maximum Gasteiger partial charge on any atom is 0.251 e. The summed E-state index contributed by atoms with van der Waals surface area (Å²) in [4.78, 5) is 12.3. The van der Waals surface area contributed by atoms with E-state index in [4.69, 9.17) is 0 Å². The number of hydrogen-bond acceptors (Lipinski definition) is 1. The third-order valence-electron chi connectivity index (χ3n) is 4.10. The molecule has 0 fully saturated rings. The molecule has 2 nitrogen and oxygen atoms in total. The maximum atomic E-state index is 12.3. The highest BCUT2D eigenvalue weighted by molar-refractivity contribution is 5.94. The van der Waals surface area contributed by atoms with Crippen molar-refractivity contribution in [1.29, 1.82) is 0 Å².